The summed E-state index contributed by atoms with van der Waals surface area (Å²) in [6.45, 7) is 3.12. The minimum absolute atomic E-state index is 0.325. The van der Waals surface area contributed by atoms with Gasteiger partial charge in [0.05, 0.1) is 4.47 Å². The average molecular weight is 304 g/mol. The van der Waals surface area contributed by atoms with Crippen LogP contribution in [0.5, 0.6) is 5.75 Å². The summed E-state index contributed by atoms with van der Waals surface area (Å²) in [6, 6.07) is 4.47. The summed E-state index contributed by atoms with van der Waals surface area (Å²) in [5, 5.41) is 13.3. The van der Waals surface area contributed by atoms with E-state index in [1.54, 1.807) is 19.1 Å². The molecule has 0 aromatic heterocycles. The molecule has 1 heterocycles. The standard InChI is InChI=1S/C12H15BrFNO2/c1-12(16)4-5-15-7-11(12)17-8-2-3-10(14)9(13)6-8/h2-3,6,11,15-16H,4-5,7H2,1H3. The number of hydrogen-bond acceptors (Lipinski definition) is 3. The molecule has 0 aliphatic carbocycles. The Kier molecular flexibility index (Phi) is 3.70. The summed E-state index contributed by atoms with van der Waals surface area (Å²) in [6.07, 6.45) is 0.314. The topological polar surface area (TPSA) is 41.5 Å². The molecule has 2 unspecified atom stereocenters. The number of ether oxygens (including phenoxy) is 1. The molecule has 3 nitrogen and oxygen atoms in total. The first-order chi connectivity index (χ1) is 7.99. The maximum atomic E-state index is 13.1. The predicted octanol–water partition coefficient (Wildman–Crippen LogP) is 2.08. The second-order valence-corrected chi connectivity index (χ2v) is 5.35. The number of benzene rings is 1. The van der Waals surface area contributed by atoms with Gasteiger partial charge in [0.1, 0.15) is 23.3 Å². The van der Waals surface area contributed by atoms with E-state index in [1.165, 1.54) is 6.07 Å². The highest BCUT2D eigenvalue weighted by atomic mass is 79.9. The van der Waals surface area contributed by atoms with Crippen molar-refractivity contribution < 1.29 is 14.2 Å². The maximum Gasteiger partial charge on any atom is 0.139 e. The molecule has 2 atom stereocenters. The highest BCUT2D eigenvalue weighted by Crippen LogP contribution is 2.26. The van der Waals surface area contributed by atoms with Crippen LogP contribution in [0.3, 0.4) is 0 Å². The lowest BCUT2D eigenvalue weighted by Crippen LogP contribution is -2.54. The van der Waals surface area contributed by atoms with Crippen LogP contribution in [0.4, 0.5) is 4.39 Å². The third kappa shape index (κ3) is 2.97. The fourth-order valence-electron chi connectivity index (χ4n) is 1.84. The lowest BCUT2D eigenvalue weighted by Gasteiger charge is -2.37. The van der Waals surface area contributed by atoms with E-state index in [-0.39, 0.29) is 11.9 Å². The molecule has 0 amide bonds. The van der Waals surface area contributed by atoms with Gasteiger partial charge in [-0.2, -0.15) is 0 Å². The number of hydrogen-bond donors (Lipinski definition) is 2. The smallest absolute Gasteiger partial charge is 0.139 e. The average Bonchev–Trinajstić information content (AvgIpc) is 2.26. The molecule has 0 radical (unpaired) electrons. The highest BCUT2D eigenvalue weighted by molar-refractivity contribution is 9.10. The quantitative estimate of drug-likeness (QED) is 0.879. The van der Waals surface area contributed by atoms with Crippen LogP contribution in [0.2, 0.25) is 0 Å². The van der Waals surface area contributed by atoms with Crippen molar-refractivity contribution >= 4 is 15.9 Å². The first-order valence-corrected chi connectivity index (χ1v) is 6.33. The van der Waals surface area contributed by atoms with Gasteiger partial charge in [0.2, 0.25) is 0 Å². The van der Waals surface area contributed by atoms with Crippen LogP contribution in [-0.4, -0.2) is 29.9 Å². The van der Waals surface area contributed by atoms with Crippen molar-refractivity contribution in [1.82, 2.24) is 5.32 Å². The Balaban J connectivity index is 2.11. The largest absolute Gasteiger partial charge is 0.486 e. The molecule has 0 bridgehead atoms. The minimum Gasteiger partial charge on any atom is -0.486 e. The Morgan fingerprint density at radius 2 is 2.35 bits per heavy atom. The molecule has 2 N–H and O–H groups in total. The lowest BCUT2D eigenvalue weighted by atomic mass is 9.92. The van der Waals surface area contributed by atoms with Crippen LogP contribution >= 0.6 is 15.9 Å². The van der Waals surface area contributed by atoms with E-state index in [2.05, 4.69) is 21.2 Å². The van der Waals surface area contributed by atoms with Gasteiger partial charge < -0.3 is 15.2 Å². The summed E-state index contributed by atoms with van der Waals surface area (Å²) in [5.41, 5.74) is -0.855. The van der Waals surface area contributed by atoms with Gasteiger partial charge in [-0.05, 0) is 54.0 Å². The van der Waals surface area contributed by atoms with Crippen molar-refractivity contribution in [2.24, 2.45) is 0 Å². The Labute approximate surface area is 108 Å². The third-order valence-electron chi connectivity index (χ3n) is 3.00. The van der Waals surface area contributed by atoms with E-state index in [1.807, 2.05) is 0 Å². The Morgan fingerprint density at radius 1 is 1.59 bits per heavy atom. The maximum absolute atomic E-state index is 13.1. The highest BCUT2D eigenvalue weighted by Gasteiger charge is 2.36. The number of rotatable bonds is 2. The van der Waals surface area contributed by atoms with Crippen molar-refractivity contribution in [3.05, 3.63) is 28.5 Å². The van der Waals surface area contributed by atoms with Crippen LogP contribution in [0.25, 0.3) is 0 Å². The van der Waals surface area contributed by atoms with E-state index in [0.717, 1.165) is 6.54 Å². The first kappa shape index (κ1) is 12.8. The van der Waals surface area contributed by atoms with Gasteiger partial charge in [0, 0.05) is 6.54 Å². The molecule has 5 heteroatoms. The normalized spacial score (nSPS) is 29.1. The fraction of sp³-hybridized carbons (Fsp3) is 0.500. The molecular formula is C12H15BrFNO2. The summed E-state index contributed by atoms with van der Waals surface area (Å²) in [7, 11) is 0. The summed E-state index contributed by atoms with van der Waals surface area (Å²) >= 11 is 3.11. The number of piperidine rings is 1. The van der Waals surface area contributed by atoms with Gasteiger partial charge in [-0.3, -0.25) is 0 Å². The van der Waals surface area contributed by atoms with Gasteiger partial charge in [-0.15, -0.1) is 0 Å². The predicted molar refractivity (Wildman–Crippen MR) is 66.6 cm³/mol. The van der Waals surface area contributed by atoms with Crippen molar-refractivity contribution in [1.29, 1.82) is 0 Å². The number of halogens is 2. The molecule has 1 aliphatic rings. The molecular weight excluding hydrogens is 289 g/mol. The molecule has 17 heavy (non-hydrogen) atoms. The lowest BCUT2D eigenvalue weighted by molar-refractivity contribution is -0.0658. The second kappa shape index (κ2) is 4.92. The van der Waals surface area contributed by atoms with Gasteiger partial charge in [-0.1, -0.05) is 0 Å². The molecule has 1 aromatic rings. The molecule has 2 rings (SSSR count). The van der Waals surface area contributed by atoms with Gasteiger partial charge in [0.25, 0.3) is 0 Å². The molecule has 1 saturated heterocycles. The first-order valence-electron chi connectivity index (χ1n) is 5.54. The van der Waals surface area contributed by atoms with E-state index < -0.39 is 5.60 Å². The molecule has 1 aliphatic heterocycles. The van der Waals surface area contributed by atoms with Crippen molar-refractivity contribution in [2.75, 3.05) is 13.1 Å². The zero-order chi connectivity index (χ0) is 12.5. The van der Waals surface area contributed by atoms with Crippen molar-refractivity contribution in [3.63, 3.8) is 0 Å². The molecule has 94 valence electrons. The molecule has 0 saturated carbocycles. The number of aliphatic hydroxyl groups is 1. The summed E-state index contributed by atoms with van der Waals surface area (Å²) in [4.78, 5) is 0. The van der Waals surface area contributed by atoms with Gasteiger partial charge in [0.15, 0.2) is 0 Å². The van der Waals surface area contributed by atoms with E-state index in [4.69, 9.17) is 4.74 Å². The Morgan fingerprint density at radius 3 is 3.00 bits per heavy atom. The second-order valence-electron chi connectivity index (χ2n) is 4.49. The van der Waals surface area contributed by atoms with Crippen LogP contribution in [0.1, 0.15) is 13.3 Å². The van der Waals surface area contributed by atoms with Gasteiger partial charge >= 0.3 is 0 Å². The molecule has 0 spiro atoms. The van der Waals surface area contributed by atoms with Crippen LogP contribution < -0.4 is 10.1 Å². The molecule has 1 fully saturated rings. The van der Waals surface area contributed by atoms with Crippen molar-refractivity contribution in [2.45, 2.75) is 25.0 Å². The SMILES string of the molecule is CC1(O)CCNCC1Oc1ccc(F)c(Br)c1. The Bertz CT molecular complexity index is 411. The van der Waals surface area contributed by atoms with Crippen molar-refractivity contribution in [3.8, 4) is 5.75 Å². The minimum atomic E-state index is -0.855. The summed E-state index contributed by atoms with van der Waals surface area (Å²) in [5.74, 6) is 0.220. The van der Waals surface area contributed by atoms with Crippen LogP contribution in [-0.2, 0) is 0 Å². The summed E-state index contributed by atoms with van der Waals surface area (Å²) < 4.78 is 19.1. The van der Waals surface area contributed by atoms with E-state index in [9.17, 15) is 9.50 Å². The third-order valence-corrected chi connectivity index (χ3v) is 3.61. The van der Waals surface area contributed by atoms with E-state index >= 15 is 0 Å². The van der Waals surface area contributed by atoms with Crippen LogP contribution in [0, 0.1) is 5.82 Å². The van der Waals surface area contributed by atoms with Gasteiger partial charge in [-0.25, -0.2) is 4.39 Å². The zero-order valence-corrected chi connectivity index (χ0v) is 11.1. The Hall–Kier alpha value is -0.650. The molecule has 1 aromatic carbocycles. The fourth-order valence-corrected chi connectivity index (χ4v) is 2.20. The zero-order valence-electron chi connectivity index (χ0n) is 9.54. The van der Waals surface area contributed by atoms with E-state index in [0.29, 0.717) is 23.2 Å². The number of nitrogens with one attached hydrogen (secondary N) is 1. The van der Waals surface area contributed by atoms with Crippen LogP contribution in [0.15, 0.2) is 22.7 Å². The monoisotopic (exact) mass is 303 g/mol.